The van der Waals surface area contributed by atoms with Crippen molar-refractivity contribution in [2.75, 3.05) is 4.90 Å². The van der Waals surface area contributed by atoms with Crippen LogP contribution in [-0.2, 0) is 0 Å². The first kappa shape index (κ1) is 22.0. The van der Waals surface area contributed by atoms with E-state index in [9.17, 15) is 0 Å². The molecule has 1 saturated carbocycles. The lowest BCUT2D eigenvalue weighted by Gasteiger charge is -2.38. The molecule has 3 aliphatic rings. The van der Waals surface area contributed by atoms with Crippen molar-refractivity contribution in [3.63, 3.8) is 0 Å². The zero-order valence-electron chi connectivity index (χ0n) is 20.5. The van der Waals surface area contributed by atoms with Crippen LogP contribution in [0.25, 0.3) is 34.2 Å². The van der Waals surface area contributed by atoms with Gasteiger partial charge in [0.2, 0.25) is 0 Å². The quantitative estimate of drug-likeness (QED) is 0.321. The largest absolute Gasteiger partial charge is 0.366 e. The van der Waals surface area contributed by atoms with Crippen LogP contribution in [-0.4, -0.2) is 27.0 Å². The second-order valence-corrected chi connectivity index (χ2v) is 10.3. The van der Waals surface area contributed by atoms with Crippen LogP contribution in [0.2, 0.25) is 0 Å². The van der Waals surface area contributed by atoms with Crippen molar-refractivity contribution in [2.24, 2.45) is 11.8 Å². The van der Waals surface area contributed by atoms with E-state index in [4.69, 9.17) is 15.0 Å². The number of aromatic nitrogens is 3. The fourth-order valence-corrected chi connectivity index (χ4v) is 6.15. The molecular formula is C31H32N4. The van der Waals surface area contributed by atoms with Gasteiger partial charge < -0.3 is 4.90 Å². The van der Waals surface area contributed by atoms with Crippen molar-refractivity contribution in [1.29, 1.82) is 0 Å². The summed E-state index contributed by atoms with van der Waals surface area (Å²) in [5.74, 6) is 3.81. The van der Waals surface area contributed by atoms with Gasteiger partial charge in [0, 0.05) is 34.5 Å². The molecule has 176 valence electrons. The van der Waals surface area contributed by atoms with E-state index in [1.165, 1.54) is 31.4 Å². The van der Waals surface area contributed by atoms with Crippen LogP contribution in [0.4, 0.5) is 5.69 Å². The summed E-state index contributed by atoms with van der Waals surface area (Å²) in [5.41, 5.74) is 4.32. The fraction of sp³-hybridized carbons (Fsp3) is 0.323. The number of anilines is 1. The summed E-state index contributed by atoms with van der Waals surface area (Å²) in [6.45, 7) is 4.85. The molecule has 4 atom stereocenters. The first-order valence-electron chi connectivity index (χ1n) is 12.9. The summed E-state index contributed by atoms with van der Waals surface area (Å²) in [5, 5.41) is 0. The molecule has 2 aliphatic heterocycles. The Balaban J connectivity index is 1.44. The molecule has 4 aromatic rings. The summed E-state index contributed by atoms with van der Waals surface area (Å²) in [4.78, 5) is 17.4. The third-order valence-corrected chi connectivity index (χ3v) is 7.93. The van der Waals surface area contributed by atoms with E-state index in [0.29, 0.717) is 23.7 Å². The highest BCUT2D eigenvalue weighted by Gasteiger charge is 2.38. The van der Waals surface area contributed by atoms with E-state index in [-0.39, 0.29) is 0 Å². The molecule has 4 unspecified atom stereocenters. The van der Waals surface area contributed by atoms with Gasteiger partial charge in [-0.05, 0) is 56.6 Å². The minimum Gasteiger partial charge on any atom is -0.366 e. The minimum atomic E-state index is 0.547. The zero-order chi connectivity index (χ0) is 23.8. The van der Waals surface area contributed by atoms with Gasteiger partial charge in [-0.15, -0.1) is 0 Å². The fourth-order valence-electron chi connectivity index (χ4n) is 6.15. The van der Waals surface area contributed by atoms with Gasteiger partial charge in [0.25, 0.3) is 0 Å². The van der Waals surface area contributed by atoms with Crippen molar-refractivity contribution >= 4 is 5.69 Å². The van der Waals surface area contributed by atoms with Gasteiger partial charge in [0.05, 0.1) is 0 Å². The van der Waals surface area contributed by atoms with Crippen molar-refractivity contribution < 1.29 is 0 Å². The molecule has 3 aromatic carbocycles. The molecule has 0 spiro atoms. The zero-order valence-corrected chi connectivity index (χ0v) is 20.5. The molecule has 2 bridgehead atoms. The average Bonchev–Trinajstić information content (AvgIpc) is 3.14. The van der Waals surface area contributed by atoms with Crippen molar-refractivity contribution in [3.05, 3.63) is 84.9 Å². The Labute approximate surface area is 208 Å². The van der Waals surface area contributed by atoms with Crippen LogP contribution < -0.4 is 4.90 Å². The number of nitrogens with zero attached hydrogens (tertiary/aromatic N) is 4. The minimum absolute atomic E-state index is 0.547. The van der Waals surface area contributed by atoms with Gasteiger partial charge in [-0.1, -0.05) is 79.7 Å². The van der Waals surface area contributed by atoms with E-state index >= 15 is 0 Å². The molecule has 4 nitrogen and oxygen atoms in total. The summed E-state index contributed by atoms with van der Waals surface area (Å²) in [6, 6.07) is 30.4. The number of rotatable bonds is 4. The maximum Gasteiger partial charge on any atom is 0.164 e. The second-order valence-electron chi connectivity index (χ2n) is 10.3. The Morgan fingerprint density at radius 3 is 1.80 bits per heavy atom. The molecule has 0 radical (unpaired) electrons. The monoisotopic (exact) mass is 460 g/mol. The molecule has 3 fully saturated rings. The third-order valence-electron chi connectivity index (χ3n) is 7.93. The van der Waals surface area contributed by atoms with Crippen LogP contribution in [0, 0.1) is 11.8 Å². The van der Waals surface area contributed by atoms with Crippen LogP contribution in [0.5, 0.6) is 0 Å². The van der Waals surface area contributed by atoms with Gasteiger partial charge in [-0.25, -0.2) is 15.0 Å². The molecule has 1 aliphatic carbocycles. The third kappa shape index (κ3) is 4.34. The molecular weight excluding hydrogens is 428 g/mol. The topological polar surface area (TPSA) is 41.9 Å². The van der Waals surface area contributed by atoms with Crippen molar-refractivity contribution in [3.8, 4) is 34.2 Å². The lowest BCUT2D eigenvalue weighted by molar-refractivity contribution is 0.252. The summed E-state index contributed by atoms with van der Waals surface area (Å²) in [7, 11) is 0. The summed E-state index contributed by atoms with van der Waals surface area (Å²) < 4.78 is 0. The van der Waals surface area contributed by atoms with Crippen LogP contribution in [0.3, 0.4) is 0 Å². The van der Waals surface area contributed by atoms with Crippen molar-refractivity contribution in [2.45, 2.75) is 51.6 Å². The highest BCUT2D eigenvalue weighted by Crippen LogP contribution is 2.43. The maximum atomic E-state index is 4.94. The molecule has 35 heavy (non-hydrogen) atoms. The van der Waals surface area contributed by atoms with E-state index in [0.717, 1.165) is 34.4 Å². The first-order valence-corrected chi connectivity index (χ1v) is 12.9. The Kier molecular flexibility index (Phi) is 5.81. The molecule has 0 N–H and O–H groups in total. The number of benzene rings is 3. The van der Waals surface area contributed by atoms with Gasteiger partial charge in [0.15, 0.2) is 17.5 Å². The second kappa shape index (κ2) is 9.26. The van der Waals surface area contributed by atoms with Crippen molar-refractivity contribution in [1.82, 2.24) is 15.0 Å². The first-order chi connectivity index (χ1) is 17.2. The van der Waals surface area contributed by atoms with Gasteiger partial charge >= 0.3 is 0 Å². The van der Waals surface area contributed by atoms with E-state index in [1.807, 2.05) is 36.4 Å². The Morgan fingerprint density at radius 2 is 1.20 bits per heavy atom. The molecule has 1 aromatic heterocycles. The van der Waals surface area contributed by atoms with Gasteiger partial charge in [-0.3, -0.25) is 0 Å². The summed E-state index contributed by atoms with van der Waals surface area (Å²) >= 11 is 0. The van der Waals surface area contributed by atoms with Gasteiger partial charge in [0.1, 0.15) is 0 Å². The van der Waals surface area contributed by atoms with Crippen LogP contribution in [0.1, 0.15) is 39.5 Å². The van der Waals surface area contributed by atoms with E-state index in [2.05, 4.69) is 67.3 Å². The van der Waals surface area contributed by atoms with Crippen LogP contribution in [0.15, 0.2) is 84.9 Å². The Bertz CT molecular complexity index is 1250. The van der Waals surface area contributed by atoms with E-state index in [1.54, 1.807) is 0 Å². The molecule has 3 heterocycles. The number of hydrogen-bond acceptors (Lipinski definition) is 4. The standard InChI is InChI=1S/C31H32N4/c1-21-18-28-17-16-25(21)19-22(2)35(28)27-15-9-14-26(20-27)31-33-29(23-10-5-3-6-11-23)32-30(34-31)24-12-7-4-8-13-24/h3-15,20-22,25,28H,16-19H2,1-2H3. The Hall–Kier alpha value is -3.53. The highest BCUT2D eigenvalue weighted by molar-refractivity contribution is 5.69. The lowest BCUT2D eigenvalue weighted by Crippen LogP contribution is -2.40. The predicted octanol–water partition coefficient (Wildman–Crippen LogP) is 7.28. The highest BCUT2D eigenvalue weighted by atomic mass is 15.2. The van der Waals surface area contributed by atoms with Gasteiger partial charge in [-0.2, -0.15) is 0 Å². The maximum absolute atomic E-state index is 4.94. The smallest absolute Gasteiger partial charge is 0.164 e. The Morgan fingerprint density at radius 1 is 0.629 bits per heavy atom. The van der Waals surface area contributed by atoms with E-state index < -0.39 is 0 Å². The molecule has 0 amide bonds. The lowest BCUT2D eigenvalue weighted by atomic mass is 9.78. The number of hydrogen-bond donors (Lipinski definition) is 0. The average molecular weight is 461 g/mol. The molecule has 7 rings (SSSR count). The van der Waals surface area contributed by atoms with Crippen LogP contribution >= 0.6 is 0 Å². The number of fused-ring (bicyclic) bond motifs is 4. The normalized spacial score (nSPS) is 23.8. The molecule has 2 saturated heterocycles. The molecule has 4 heteroatoms. The summed E-state index contributed by atoms with van der Waals surface area (Å²) in [6.07, 6.45) is 5.23. The SMILES string of the molecule is CC1CC2CCC1CC(C)N2c1cccc(-c2nc(-c3ccccc3)nc(-c3ccccc3)n2)c1. The predicted molar refractivity (Wildman–Crippen MR) is 143 cm³/mol.